The highest BCUT2D eigenvalue weighted by molar-refractivity contribution is 6.30. The van der Waals surface area contributed by atoms with Crippen LogP contribution in [0.15, 0.2) is 47.4 Å². The van der Waals surface area contributed by atoms with Gasteiger partial charge < -0.3 is 9.67 Å². The Bertz CT molecular complexity index is 590. The van der Waals surface area contributed by atoms with Crippen LogP contribution in [0.5, 0.6) is 0 Å². The molecule has 0 amide bonds. The number of benzene rings is 1. The summed E-state index contributed by atoms with van der Waals surface area (Å²) in [5, 5.41) is 9.61. The summed E-state index contributed by atoms with van der Waals surface area (Å²) in [4.78, 5) is 12.1. The Morgan fingerprint density at radius 3 is 2.53 bits per heavy atom. The Balaban J connectivity index is 2.09. The van der Waals surface area contributed by atoms with Gasteiger partial charge in [-0.2, -0.15) is 0 Å². The molecule has 0 aliphatic rings. The van der Waals surface area contributed by atoms with E-state index in [2.05, 4.69) is 0 Å². The third-order valence-electron chi connectivity index (χ3n) is 3.04. The van der Waals surface area contributed by atoms with Crippen molar-refractivity contribution in [3.05, 3.63) is 69.1 Å². The number of nitrogens with zero attached hydrogens (tertiary/aromatic N) is 1. The van der Waals surface area contributed by atoms with Crippen LogP contribution < -0.4 is 5.56 Å². The lowest BCUT2D eigenvalue weighted by Crippen LogP contribution is -2.24. The summed E-state index contributed by atoms with van der Waals surface area (Å²) < 4.78 is 1.54. The van der Waals surface area contributed by atoms with Crippen LogP contribution in [0, 0.1) is 0 Å². The molecule has 1 heterocycles. The average Bonchev–Trinajstić information content (AvgIpc) is 2.42. The Morgan fingerprint density at radius 2 is 1.84 bits per heavy atom. The van der Waals surface area contributed by atoms with Crippen LogP contribution in [0.1, 0.15) is 11.1 Å². The molecule has 3 nitrogen and oxygen atoms in total. The normalized spacial score (nSPS) is 10.6. The predicted octanol–water partition coefficient (Wildman–Crippen LogP) is 2.28. The lowest BCUT2D eigenvalue weighted by Gasteiger charge is -2.06. The molecule has 0 unspecified atom stereocenters. The van der Waals surface area contributed by atoms with Crippen molar-refractivity contribution < 1.29 is 5.11 Å². The molecule has 0 saturated carbocycles. The SMILES string of the molecule is O=c1c(CCc2ccc(Cl)cc2)cccn1CCO. The van der Waals surface area contributed by atoms with Gasteiger partial charge in [0.05, 0.1) is 6.61 Å². The fraction of sp³-hybridized carbons (Fsp3) is 0.267. The highest BCUT2D eigenvalue weighted by Crippen LogP contribution is 2.11. The number of rotatable bonds is 5. The predicted molar refractivity (Wildman–Crippen MR) is 76.6 cm³/mol. The van der Waals surface area contributed by atoms with Crippen molar-refractivity contribution in [2.75, 3.05) is 6.61 Å². The van der Waals surface area contributed by atoms with Crippen molar-refractivity contribution >= 4 is 11.6 Å². The number of aromatic nitrogens is 1. The van der Waals surface area contributed by atoms with Crippen LogP contribution in [0.3, 0.4) is 0 Å². The van der Waals surface area contributed by atoms with Gasteiger partial charge in [-0.05, 0) is 36.6 Å². The molecule has 0 saturated heterocycles. The largest absolute Gasteiger partial charge is 0.395 e. The molecule has 100 valence electrons. The Hall–Kier alpha value is -1.58. The summed E-state index contributed by atoms with van der Waals surface area (Å²) in [7, 11) is 0. The van der Waals surface area contributed by atoms with Crippen molar-refractivity contribution in [3.63, 3.8) is 0 Å². The Labute approximate surface area is 117 Å². The topological polar surface area (TPSA) is 42.2 Å². The summed E-state index contributed by atoms with van der Waals surface area (Å²) in [5.41, 5.74) is 1.90. The van der Waals surface area contributed by atoms with Gasteiger partial charge >= 0.3 is 0 Å². The van der Waals surface area contributed by atoms with E-state index >= 15 is 0 Å². The third-order valence-corrected chi connectivity index (χ3v) is 3.29. The minimum Gasteiger partial charge on any atom is -0.395 e. The summed E-state index contributed by atoms with van der Waals surface area (Å²) in [6.45, 7) is 0.314. The number of hydrogen-bond donors (Lipinski definition) is 1. The van der Waals surface area contributed by atoms with Crippen LogP contribution in [0.25, 0.3) is 0 Å². The van der Waals surface area contributed by atoms with Gasteiger partial charge in [-0.25, -0.2) is 0 Å². The molecule has 0 fully saturated rings. The molecular formula is C15H16ClNO2. The summed E-state index contributed by atoms with van der Waals surface area (Å²) in [6, 6.07) is 11.3. The van der Waals surface area contributed by atoms with Gasteiger partial charge in [-0.3, -0.25) is 4.79 Å². The first-order chi connectivity index (χ1) is 9.20. The van der Waals surface area contributed by atoms with E-state index in [1.54, 1.807) is 6.20 Å². The molecule has 1 aromatic heterocycles. The Morgan fingerprint density at radius 1 is 1.11 bits per heavy atom. The molecule has 1 N–H and O–H groups in total. The number of pyridine rings is 1. The zero-order valence-electron chi connectivity index (χ0n) is 10.6. The van der Waals surface area contributed by atoms with E-state index in [-0.39, 0.29) is 12.2 Å². The summed E-state index contributed by atoms with van der Waals surface area (Å²) in [5.74, 6) is 0. The summed E-state index contributed by atoms with van der Waals surface area (Å²) in [6.07, 6.45) is 3.19. The number of halogens is 1. The van der Waals surface area contributed by atoms with E-state index in [1.165, 1.54) is 4.57 Å². The van der Waals surface area contributed by atoms with E-state index in [1.807, 2.05) is 36.4 Å². The van der Waals surface area contributed by atoms with Gasteiger partial charge in [-0.15, -0.1) is 0 Å². The number of aryl methyl sites for hydroxylation is 2. The minimum absolute atomic E-state index is 0.0227. The maximum atomic E-state index is 12.1. The van der Waals surface area contributed by atoms with E-state index in [0.717, 1.165) is 17.5 Å². The maximum Gasteiger partial charge on any atom is 0.253 e. The van der Waals surface area contributed by atoms with Gasteiger partial charge in [-0.1, -0.05) is 29.8 Å². The van der Waals surface area contributed by atoms with E-state index in [0.29, 0.717) is 18.0 Å². The number of aliphatic hydroxyl groups excluding tert-OH is 1. The standard InChI is InChI=1S/C15H16ClNO2/c16-14-7-4-12(5-8-14)3-6-13-2-1-9-17(10-11-18)15(13)19/h1-2,4-5,7-9,18H,3,6,10-11H2. The highest BCUT2D eigenvalue weighted by Gasteiger charge is 2.03. The lowest BCUT2D eigenvalue weighted by molar-refractivity contribution is 0.274. The monoisotopic (exact) mass is 277 g/mol. The summed E-state index contributed by atoms with van der Waals surface area (Å²) >= 11 is 5.83. The quantitative estimate of drug-likeness (QED) is 0.911. The first kappa shape index (κ1) is 13.8. The second-order valence-corrected chi connectivity index (χ2v) is 4.82. The van der Waals surface area contributed by atoms with Crippen LogP contribution in [0.4, 0.5) is 0 Å². The van der Waals surface area contributed by atoms with E-state index < -0.39 is 0 Å². The Kier molecular flexibility index (Phi) is 4.77. The van der Waals surface area contributed by atoms with Gasteiger partial charge in [0.25, 0.3) is 5.56 Å². The molecule has 2 aromatic rings. The molecule has 0 aliphatic heterocycles. The van der Waals surface area contributed by atoms with Crippen molar-refractivity contribution in [2.24, 2.45) is 0 Å². The van der Waals surface area contributed by atoms with Gasteiger partial charge in [0.15, 0.2) is 0 Å². The zero-order chi connectivity index (χ0) is 13.7. The first-order valence-electron chi connectivity index (χ1n) is 6.24. The van der Waals surface area contributed by atoms with Crippen molar-refractivity contribution in [3.8, 4) is 0 Å². The van der Waals surface area contributed by atoms with Crippen molar-refractivity contribution in [1.82, 2.24) is 4.57 Å². The third kappa shape index (κ3) is 3.69. The van der Waals surface area contributed by atoms with Crippen LogP contribution >= 0.6 is 11.6 Å². The van der Waals surface area contributed by atoms with Crippen molar-refractivity contribution in [2.45, 2.75) is 19.4 Å². The fourth-order valence-corrected chi connectivity index (χ4v) is 2.12. The molecular weight excluding hydrogens is 262 g/mol. The van der Waals surface area contributed by atoms with Crippen LogP contribution in [0.2, 0.25) is 5.02 Å². The maximum absolute atomic E-state index is 12.1. The average molecular weight is 278 g/mol. The molecule has 0 spiro atoms. The smallest absolute Gasteiger partial charge is 0.253 e. The number of aliphatic hydroxyl groups is 1. The van der Waals surface area contributed by atoms with E-state index in [4.69, 9.17) is 16.7 Å². The van der Waals surface area contributed by atoms with Gasteiger partial charge in [0, 0.05) is 23.3 Å². The molecule has 19 heavy (non-hydrogen) atoms. The molecule has 0 radical (unpaired) electrons. The van der Waals surface area contributed by atoms with Crippen LogP contribution in [-0.2, 0) is 19.4 Å². The van der Waals surface area contributed by atoms with E-state index in [9.17, 15) is 4.79 Å². The molecule has 1 aromatic carbocycles. The molecule has 0 aliphatic carbocycles. The van der Waals surface area contributed by atoms with Crippen LogP contribution in [-0.4, -0.2) is 16.3 Å². The molecule has 0 atom stereocenters. The second-order valence-electron chi connectivity index (χ2n) is 4.38. The zero-order valence-corrected chi connectivity index (χ0v) is 11.3. The minimum atomic E-state index is -0.0272. The first-order valence-corrected chi connectivity index (χ1v) is 6.62. The molecule has 2 rings (SSSR count). The second kappa shape index (κ2) is 6.55. The van der Waals surface area contributed by atoms with Gasteiger partial charge in [0.1, 0.15) is 0 Å². The van der Waals surface area contributed by atoms with Crippen molar-refractivity contribution in [1.29, 1.82) is 0 Å². The fourth-order valence-electron chi connectivity index (χ4n) is 1.99. The number of hydrogen-bond acceptors (Lipinski definition) is 2. The van der Waals surface area contributed by atoms with Gasteiger partial charge in [0.2, 0.25) is 0 Å². The molecule has 4 heteroatoms. The lowest BCUT2D eigenvalue weighted by atomic mass is 10.1. The molecule has 0 bridgehead atoms. The highest BCUT2D eigenvalue weighted by atomic mass is 35.5.